The lowest BCUT2D eigenvalue weighted by Crippen LogP contribution is -2.21. The molecule has 166 valence electrons. The van der Waals surface area contributed by atoms with Crippen LogP contribution >= 0.6 is 11.3 Å². The lowest BCUT2D eigenvalue weighted by molar-refractivity contribution is 0.0993. The van der Waals surface area contributed by atoms with Crippen LogP contribution in [0.15, 0.2) is 74.9 Å². The third-order valence-corrected chi connectivity index (χ3v) is 6.61. The van der Waals surface area contributed by atoms with Crippen molar-refractivity contribution in [3.05, 3.63) is 87.0 Å². The zero-order chi connectivity index (χ0) is 22.9. The van der Waals surface area contributed by atoms with Crippen LogP contribution < -0.4 is 10.4 Å². The molecule has 5 rings (SSSR count). The van der Waals surface area contributed by atoms with E-state index in [4.69, 9.17) is 9.15 Å². The van der Waals surface area contributed by atoms with Gasteiger partial charge in [0.1, 0.15) is 11.1 Å². The van der Waals surface area contributed by atoms with Crippen molar-refractivity contribution in [1.29, 1.82) is 0 Å². The fourth-order valence-electron chi connectivity index (χ4n) is 3.95. The lowest BCUT2D eigenvalue weighted by Gasteiger charge is -2.06. The van der Waals surface area contributed by atoms with Gasteiger partial charge in [0.2, 0.25) is 0 Å². The molecular formula is C26H22N2O4S. The smallest absolute Gasteiger partial charge is 0.349 e. The van der Waals surface area contributed by atoms with Crippen LogP contribution in [0.1, 0.15) is 22.8 Å². The minimum absolute atomic E-state index is 0.0798. The van der Waals surface area contributed by atoms with Crippen molar-refractivity contribution in [2.75, 3.05) is 13.2 Å². The van der Waals surface area contributed by atoms with E-state index in [9.17, 15) is 9.59 Å². The number of carbonyl (C=O) groups excluding carboxylic acids is 1. The minimum atomic E-state index is -0.690. The number of nitrogens with zero attached hydrogens (tertiary/aromatic N) is 2. The second-order valence-corrected chi connectivity index (χ2v) is 8.78. The van der Waals surface area contributed by atoms with Crippen LogP contribution in [0.4, 0.5) is 0 Å². The summed E-state index contributed by atoms with van der Waals surface area (Å²) in [7, 11) is 0. The van der Waals surface area contributed by atoms with Gasteiger partial charge < -0.3 is 13.7 Å². The number of ether oxygens (including phenoxy) is 1. The summed E-state index contributed by atoms with van der Waals surface area (Å²) in [5.41, 5.74) is 1.78. The Labute approximate surface area is 193 Å². The zero-order valence-corrected chi connectivity index (χ0v) is 19.1. The van der Waals surface area contributed by atoms with Gasteiger partial charge in [0.25, 0.3) is 5.91 Å². The highest BCUT2D eigenvalue weighted by Gasteiger charge is 2.16. The maximum Gasteiger partial charge on any atom is 0.349 e. The molecule has 1 amide bonds. The Balaban J connectivity index is 1.66. The molecule has 0 atom stereocenters. The number of carbonyl (C=O) groups is 1. The molecular weight excluding hydrogens is 436 g/mol. The Morgan fingerprint density at radius 3 is 2.79 bits per heavy atom. The highest BCUT2D eigenvalue weighted by molar-refractivity contribution is 7.16. The molecule has 0 unspecified atom stereocenters. The molecule has 0 aliphatic rings. The van der Waals surface area contributed by atoms with Crippen molar-refractivity contribution in [2.24, 2.45) is 4.99 Å². The summed E-state index contributed by atoms with van der Waals surface area (Å²) in [6.07, 6.45) is 0. The molecule has 3 aromatic carbocycles. The van der Waals surface area contributed by atoms with E-state index in [0.29, 0.717) is 35.5 Å². The van der Waals surface area contributed by atoms with Gasteiger partial charge in [-0.05, 0) is 54.4 Å². The van der Waals surface area contributed by atoms with E-state index in [1.54, 1.807) is 12.1 Å². The standard InChI is InChI=1S/C26H22N2O4S/c1-3-31-13-12-28-21-10-8-16(2)14-23(21)33-26(28)27-24(29)20-15-19-18-7-5-4-6-17(18)9-11-22(19)32-25(20)30/h4-11,14-15H,3,12-13H2,1-2H3. The van der Waals surface area contributed by atoms with Crippen LogP contribution in [0.2, 0.25) is 0 Å². The molecule has 0 fully saturated rings. The topological polar surface area (TPSA) is 73.8 Å². The van der Waals surface area contributed by atoms with Crippen LogP contribution in [0.5, 0.6) is 0 Å². The fourth-order valence-corrected chi connectivity index (χ4v) is 5.10. The number of benzene rings is 3. The quantitative estimate of drug-likeness (QED) is 0.210. The molecule has 0 saturated carbocycles. The molecule has 0 radical (unpaired) electrons. The summed E-state index contributed by atoms with van der Waals surface area (Å²) >= 11 is 1.42. The van der Waals surface area contributed by atoms with Crippen molar-refractivity contribution in [2.45, 2.75) is 20.4 Å². The molecule has 33 heavy (non-hydrogen) atoms. The number of amides is 1. The average molecular weight is 459 g/mol. The number of aromatic nitrogens is 1. The van der Waals surface area contributed by atoms with Gasteiger partial charge in [0.15, 0.2) is 4.80 Å². The Hall–Kier alpha value is -3.55. The highest BCUT2D eigenvalue weighted by Crippen LogP contribution is 2.25. The van der Waals surface area contributed by atoms with Gasteiger partial charge in [-0.2, -0.15) is 4.99 Å². The van der Waals surface area contributed by atoms with Gasteiger partial charge >= 0.3 is 5.63 Å². The van der Waals surface area contributed by atoms with E-state index in [-0.39, 0.29) is 5.56 Å². The van der Waals surface area contributed by atoms with Crippen LogP contribution in [0.3, 0.4) is 0 Å². The van der Waals surface area contributed by atoms with Crippen molar-refractivity contribution in [1.82, 2.24) is 4.57 Å². The molecule has 0 aliphatic carbocycles. The zero-order valence-electron chi connectivity index (χ0n) is 18.3. The fraction of sp³-hybridized carbons (Fsp3) is 0.192. The predicted octanol–water partition coefficient (Wildman–Crippen LogP) is 5.05. The normalized spacial score (nSPS) is 12.2. The SMILES string of the molecule is CCOCCn1c(=NC(=O)c2cc3c(ccc4ccccc43)oc2=O)sc2cc(C)ccc21. The van der Waals surface area contributed by atoms with Crippen LogP contribution in [0, 0.1) is 6.92 Å². The maximum atomic E-state index is 13.2. The van der Waals surface area contributed by atoms with Gasteiger partial charge in [0.05, 0.1) is 16.8 Å². The van der Waals surface area contributed by atoms with Gasteiger partial charge in [-0.3, -0.25) is 4.79 Å². The molecule has 5 aromatic rings. The van der Waals surface area contributed by atoms with Crippen LogP contribution in [0.25, 0.3) is 32.0 Å². The largest absolute Gasteiger partial charge is 0.422 e. The first-order chi connectivity index (χ1) is 16.0. The van der Waals surface area contributed by atoms with Gasteiger partial charge in [-0.1, -0.05) is 47.7 Å². The number of aryl methyl sites for hydroxylation is 1. The first-order valence-corrected chi connectivity index (χ1v) is 11.6. The van der Waals surface area contributed by atoms with Crippen molar-refractivity contribution < 1.29 is 13.9 Å². The van der Waals surface area contributed by atoms with Gasteiger partial charge in [0, 0.05) is 18.5 Å². The summed E-state index contributed by atoms with van der Waals surface area (Å²) < 4.78 is 14.0. The second-order valence-electron chi connectivity index (χ2n) is 7.77. The second kappa shape index (κ2) is 8.77. The Kier molecular flexibility index (Phi) is 5.66. The molecule has 0 saturated heterocycles. The predicted molar refractivity (Wildman–Crippen MR) is 131 cm³/mol. The summed E-state index contributed by atoms with van der Waals surface area (Å²) in [6.45, 7) is 5.63. The molecule has 2 aromatic heterocycles. The first kappa shape index (κ1) is 21.3. The maximum absolute atomic E-state index is 13.2. The van der Waals surface area contributed by atoms with Gasteiger partial charge in [-0.25, -0.2) is 4.79 Å². The first-order valence-electron chi connectivity index (χ1n) is 10.8. The molecule has 6 nitrogen and oxygen atoms in total. The third kappa shape index (κ3) is 4.01. The van der Waals surface area contributed by atoms with Crippen LogP contribution in [-0.4, -0.2) is 23.7 Å². The van der Waals surface area contributed by atoms with Crippen molar-refractivity contribution in [3.8, 4) is 0 Å². The number of fused-ring (bicyclic) bond motifs is 4. The van der Waals surface area contributed by atoms with Gasteiger partial charge in [-0.15, -0.1) is 0 Å². The molecule has 0 spiro atoms. The number of rotatable bonds is 5. The minimum Gasteiger partial charge on any atom is -0.422 e. The summed E-state index contributed by atoms with van der Waals surface area (Å²) in [5, 5.41) is 2.63. The van der Waals surface area contributed by atoms with E-state index in [0.717, 1.165) is 26.6 Å². The molecule has 2 heterocycles. The van der Waals surface area contributed by atoms with E-state index < -0.39 is 11.5 Å². The number of thiazole rings is 1. The Bertz CT molecular complexity index is 1640. The molecule has 0 N–H and O–H groups in total. The monoisotopic (exact) mass is 458 g/mol. The lowest BCUT2D eigenvalue weighted by atomic mass is 10.0. The van der Waals surface area contributed by atoms with E-state index in [1.165, 1.54) is 11.3 Å². The Morgan fingerprint density at radius 1 is 1.09 bits per heavy atom. The van der Waals surface area contributed by atoms with E-state index in [1.807, 2.05) is 60.9 Å². The third-order valence-electron chi connectivity index (χ3n) is 5.57. The van der Waals surface area contributed by atoms with E-state index in [2.05, 4.69) is 11.1 Å². The number of hydrogen-bond acceptors (Lipinski definition) is 5. The number of hydrogen-bond donors (Lipinski definition) is 0. The summed E-state index contributed by atoms with van der Waals surface area (Å²) in [6, 6.07) is 19.1. The highest BCUT2D eigenvalue weighted by atomic mass is 32.1. The van der Waals surface area contributed by atoms with Crippen molar-refractivity contribution in [3.63, 3.8) is 0 Å². The Morgan fingerprint density at radius 2 is 1.94 bits per heavy atom. The average Bonchev–Trinajstić information content (AvgIpc) is 3.14. The molecule has 7 heteroatoms. The summed E-state index contributed by atoms with van der Waals surface area (Å²) in [5.74, 6) is -0.618. The summed E-state index contributed by atoms with van der Waals surface area (Å²) in [4.78, 5) is 30.7. The van der Waals surface area contributed by atoms with Crippen LogP contribution in [-0.2, 0) is 11.3 Å². The van der Waals surface area contributed by atoms with E-state index >= 15 is 0 Å². The van der Waals surface area contributed by atoms with Crippen molar-refractivity contribution >= 4 is 49.2 Å². The molecule has 0 aliphatic heterocycles. The molecule has 0 bridgehead atoms.